The Hall–Kier alpha value is -2.43. The Morgan fingerprint density at radius 2 is 1.72 bits per heavy atom. The second kappa shape index (κ2) is 12.2. The van der Waals surface area contributed by atoms with Gasteiger partial charge in [0.25, 0.3) is 0 Å². The van der Waals surface area contributed by atoms with Crippen molar-refractivity contribution in [3.05, 3.63) is 42.2 Å². The molecule has 1 aromatic carbocycles. The molecule has 0 fully saturated rings. The monoisotopic (exact) mass is 398 g/mol. The Balaban J connectivity index is 1.87. The van der Waals surface area contributed by atoms with Crippen molar-refractivity contribution in [1.82, 2.24) is 9.97 Å². The lowest BCUT2D eigenvalue weighted by atomic mass is 10.00. The molecule has 2 unspecified atom stereocenters. The van der Waals surface area contributed by atoms with Gasteiger partial charge in [0.2, 0.25) is 0 Å². The van der Waals surface area contributed by atoms with E-state index in [4.69, 9.17) is 9.47 Å². The molecule has 2 aromatic rings. The first-order valence-corrected chi connectivity index (χ1v) is 10.7. The lowest BCUT2D eigenvalue weighted by molar-refractivity contribution is -0.149. The first kappa shape index (κ1) is 22.9. The number of nitrogens with zero attached hydrogens (tertiary/aromatic N) is 2. The summed E-state index contributed by atoms with van der Waals surface area (Å²) in [5, 5.41) is 0. The van der Waals surface area contributed by atoms with Crippen LogP contribution in [0, 0.1) is 11.8 Å². The maximum atomic E-state index is 12.1. The molecular formula is C24H34N2O3. The predicted octanol–water partition coefficient (Wildman–Crippen LogP) is 5.48. The Labute approximate surface area is 174 Å². The minimum Gasteiger partial charge on any atom is -0.490 e. The molecule has 0 aliphatic carbocycles. The van der Waals surface area contributed by atoms with Crippen molar-refractivity contribution in [2.45, 2.75) is 59.8 Å². The third kappa shape index (κ3) is 7.84. The topological polar surface area (TPSA) is 61.3 Å². The molecule has 2 rings (SSSR count). The van der Waals surface area contributed by atoms with Crippen molar-refractivity contribution < 1.29 is 14.3 Å². The highest BCUT2D eigenvalue weighted by molar-refractivity contribution is 5.72. The Bertz CT molecular complexity index is 729. The summed E-state index contributed by atoms with van der Waals surface area (Å²) < 4.78 is 11.1. The molecule has 0 aliphatic heterocycles. The highest BCUT2D eigenvalue weighted by Crippen LogP contribution is 2.19. The number of aromatic nitrogens is 2. The molecule has 0 saturated carbocycles. The number of hydrogen-bond donors (Lipinski definition) is 0. The van der Waals surface area contributed by atoms with E-state index in [1.165, 1.54) is 12.8 Å². The summed E-state index contributed by atoms with van der Waals surface area (Å²) in [6, 6.07) is 8.02. The summed E-state index contributed by atoms with van der Waals surface area (Å²) in [4.78, 5) is 21.0. The van der Waals surface area contributed by atoms with E-state index in [0.29, 0.717) is 37.1 Å². The zero-order valence-corrected chi connectivity index (χ0v) is 18.2. The van der Waals surface area contributed by atoms with Gasteiger partial charge in [0.05, 0.1) is 31.5 Å². The van der Waals surface area contributed by atoms with Crippen LogP contribution in [0.4, 0.5) is 0 Å². The van der Waals surface area contributed by atoms with Gasteiger partial charge in [-0.05, 0) is 24.3 Å². The maximum absolute atomic E-state index is 12.1. The molecule has 0 radical (unpaired) electrons. The van der Waals surface area contributed by atoms with Gasteiger partial charge in [-0.25, -0.2) is 9.97 Å². The van der Waals surface area contributed by atoms with Crippen LogP contribution in [0.15, 0.2) is 36.7 Å². The molecule has 0 saturated heterocycles. The van der Waals surface area contributed by atoms with Crippen LogP contribution >= 0.6 is 0 Å². The second-order valence-electron chi connectivity index (χ2n) is 7.74. The first-order chi connectivity index (χ1) is 14.0. The Kier molecular flexibility index (Phi) is 9.62. The van der Waals surface area contributed by atoms with Crippen molar-refractivity contribution >= 4 is 5.97 Å². The van der Waals surface area contributed by atoms with Crippen molar-refractivity contribution in [2.75, 3.05) is 13.2 Å². The van der Waals surface area contributed by atoms with E-state index in [2.05, 4.69) is 30.7 Å². The molecule has 0 N–H and O–H groups in total. The van der Waals surface area contributed by atoms with Crippen LogP contribution in [0.25, 0.3) is 11.4 Å². The molecule has 5 nitrogen and oxygen atoms in total. The largest absolute Gasteiger partial charge is 0.490 e. The van der Waals surface area contributed by atoms with Gasteiger partial charge in [-0.3, -0.25) is 4.79 Å². The van der Waals surface area contributed by atoms with E-state index in [0.717, 1.165) is 24.0 Å². The molecule has 1 heterocycles. The van der Waals surface area contributed by atoms with E-state index in [1.54, 1.807) is 12.4 Å². The fourth-order valence-corrected chi connectivity index (χ4v) is 2.79. The fourth-order valence-electron chi connectivity index (χ4n) is 2.79. The van der Waals surface area contributed by atoms with Crippen LogP contribution in [0.1, 0.15) is 58.9 Å². The lowest BCUT2D eigenvalue weighted by Gasteiger charge is -2.14. The summed E-state index contributed by atoms with van der Waals surface area (Å²) >= 11 is 0. The van der Waals surface area contributed by atoms with Crippen molar-refractivity contribution in [3.8, 4) is 17.1 Å². The van der Waals surface area contributed by atoms with Crippen LogP contribution < -0.4 is 4.74 Å². The molecular weight excluding hydrogens is 364 g/mol. The zero-order chi connectivity index (χ0) is 21.1. The van der Waals surface area contributed by atoms with E-state index in [9.17, 15) is 4.79 Å². The van der Waals surface area contributed by atoms with Crippen LogP contribution in [0.3, 0.4) is 0 Å². The Morgan fingerprint density at radius 3 is 2.34 bits per heavy atom. The molecule has 158 valence electrons. The molecule has 1 aromatic heterocycles. The minimum absolute atomic E-state index is 0.132. The van der Waals surface area contributed by atoms with Gasteiger partial charge in [-0.2, -0.15) is 0 Å². The molecule has 5 heteroatoms. The second-order valence-corrected chi connectivity index (χ2v) is 7.74. The number of hydrogen-bond acceptors (Lipinski definition) is 5. The molecule has 0 bridgehead atoms. The van der Waals surface area contributed by atoms with E-state index >= 15 is 0 Å². The number of esters is 1. The van der Waals surface area contributed by atoms with Gasteiger partial charge in [-0.15, -0.1) is 0 Å². The standard InChI is InChI=1S/C24H34N2O3/c1-5-7-8-13-28-22-15-25-23(26-16-22)21-11-9-20(10-12-21)14-19(4)24(27)29-17-18(3)6-2/h9-12,15-16,18-19H,5-8,13-14,17H2,1-4H3. The SMILES string of the molecule is CCCCCOc1cnc(-c2ccc(CC(C)C(=O)OCC(C)CC)cc2)nc1. The highest BCUT2D eigenvalue weighted by atomic mass is 16.5. The van der Waals surface area contributed by atoms with Crippen LogP contribution in [0.5, 0.6) is 5.75 Å². The van der Waals surface area contributed by atoms with Gasteiger partial charge in [0.15, 0.2) is 11.6 Å². The van der Waals surface area contributed by atoms with Crippen molar-refractivity contribution in [3.63, 3.8) is 0 Å². The van der Waals surface area contributed by atoms with Gasteiger partial charge < -0.3 is 9.47 Å². The normalized spacial score (nSPS) is 13.0. The number of rotatable bonds is 12. The summed E-state index contributed by atoms with van der Waals surface area (Å²) in [6.07, 6.45) is 8.49. The summed E-state index contributed by atoms with van der Waals surface area (Å²) in [5.41, 5.74) is 2.04. The number of unbranched alkanes of at least 4 members (excludes halogenated alkanes) is 2. The average Bonchev–Trinajstić information content (AvgIpc) is 2.75. The quantitative estimate of drug-likeness (QED) is 0.350. The molecule has 29 heavy (non-hydrogen) atoms. The Morgan fingerprint density at radius 1 is 1.03 bits per heavy atom. The lowest BCUT2D eigenvalue weighted by Crippen LogP contribution is -2.19. The summed E-state index contributed by atoms with van der Waals surface area (Å²) in [6.45, 7) is 9.46. The van der Waals surface area contributed by atoms with E-state index < -0.39 is 0 Å². The first-order valence-electron chi connectivity index (χ1n) is 10.7. The summed E-state index contributed by atoms with van der Waals surface area (Å²) in [5.74, 6) is 1.47. The maximum Gasteiger partial charge on any atom is 0.308 e. The minimum atomic E-state index is -0.162. The van der Waals surface area contributed by atoms with Crippen molar-refractivity contribution in [1.29, 1.82) is 0 Å². The van der Waals surface area contributed by atoms with E-state index in [-0.39, 0.29) is 11.9 Å². The zero-order valence-electron chi connectivity index (χ0n) is 18.2. The third-order valence-electron chi connectivity index (χ3n) is 5.01. The van der Waals surface area contributed by atoms with Crippen LogP contribution in [0.2, 0.25) is 0 Å². The predicted molar refractivity (Wildman–Crippen MR) is 116 cm³/mol. The highest BCUT2D eigenvalue weighted by Gasteiger charge is 2.16. The molecule has 0 spiro atoms. The molecule has 0 amide bonds. The van der Waals surface area contributed by atoms with Gasteiger partial charge in [0, 0.05) is 5.56 Å². The number of ether oxygens (including phenoxy) is 2. The van der Waals surface area contributed by atoms with Gasteiger partial charge in [0.1, 0.15) is 0 Å². The van der Waals surface area contributed by atoms with Crippen LogP contribution in [-0.4, -0.2) is 29.2 Å². The number of carbonyl (C=O) groups excluding carboxylic acids is 1. The molecule has 0 aliphatic rings. The van der Waals surface area contributed by atoms with Crippen molar-refractivity contribution in [2.24, 2.45) is 11.8 Å². The average molecular weight is 399 g/mol. The van der Waals surface area contributed by atoms with Gasteiger partial charge >= 0.3 is 5.97 Å². The smallest absolute Gasteiger partial charge is 0.308 e. The molecule has 2 atom stereocenters. The third-order valence-corrected chi connectivity index (χ3v) is 5.01. The number of carbonyl (C=O) groups is 1. The summed E-state index contributed by atoms with van der Waals surface area (Å²) in [7, 11) is 0. The van der Waals surface area contributed by atoms with Crippen LogP contribution in [-0.2, 0) is 16.0 Å². The fraction of sp³-hybridized carbons (Fsp3) is 0.542. The number of benzene rings is 1. The van der Waals surface area contributed by atoms with Gasteiger partial charge in [-0.1, -0.05) is 71.2 Å². The van der Waals surface area contributed by atoms with E-state index in [1.807, 2.05) is 31.2 Å².